The average Bonchev–Trinajstić information content (AvgIpc) is 2.85. The molecule has 0 bridgehead atoms. The van der Waals surface area contributed by atoms with E-state index in [1.54, 1.807) is 0 Å². The van der Waals surface area contributed by atoms with Gasteiger partial charge in [-0.1, -0.05) is 99.9 Å². The average molecular weight is 499 g/mol. The Morgan fingerprint density at radius 2 is 1.22 bits per heavy atom. The zero-order valence-electron chi connectivity index (χ0n) is 22.8. The number of carboxylic acids is 1. The lowest BCUT2D eigenvalue weighted by Gasteiger charge is -2.14. The Balaban J connectivity index is 4.27. The van der Waals surface area contributed by atoms with Crippen molar-refractivity contribution < 1.29 is 19.4 Å². The lowest BCUT2D eigenvalue weighted by Crippen LogP contribution is -2.16. The number of carbonyl (C=O) groups excluding carboxylic acids is 1. The summed E-state index contributed by atoms with van der Waals surface area (Å²) in [6.07, 6.45) is 37.8. The Labute approximate surface area is 220 Å². The smallest absolute Gasteiger partial charge is 0.306 e. The number of esters is 1. The van der Waals surface area contributed by atoms with E-state index in [0.717, 1.165) is 70.6 Å². The third-order valence-corrected chi connectivity index (χ3v) is 5.39. The summed E-state index contributed by atoms with van der Waals surface area (Å²) in [7, 11) is 0. The maximum atomic E-state index is 12.3. The van der Waals surface area contributed by atoms with E-state index in [9.17, 15) is 9.59 Å². The molecule has 1 atom stereocenters. The van der Waals surface area contributed by atoms with Gasteiger partial charge in [-0.2, -0.15) is 0 Å². The van der Waals surface area contributed by atoms with Gasteiger partial charge in [0, 0.05) is 12.8 Å². The van der Waals surface area contributed by atoms with Gasteiger partial charge in [0.1, 0.15) is 6.10 Å². The van der Waals surface area contributed by atoms with Crippen LogP contribution in [-0.4, -0.2) is 23.1 Å². The van der Waals surface area contributed by atoms with Crippen LogP contribution in [0.3, 0.4) is 0 Å². The van der Waals surface area contributed by atoms with Crippen LogP contribution in [0.1, 0.15) is 110 Å². The van der Waals surface area contributed by atoms with Crippen molar-refractivity contribution in [2.75, 3.05) is 0 Å². The zero-order chi connectivity index (χ0) is 26.5. The first-order valence-corrected chi connectivity index (χ1v) is 13.9. The molecule has 0 amide bonds. The molecule has 202 valence electrons. The minimum atomic E-state index is -0.742. The molecule has 4 nitrogen and oxygen atoms in total. The lowest BCUT2D eigenvalue weighted by atomic mass is 10.1. The Kier molecular flexibility index (Phi) is 25.0. The van der Waals surface area contributed by atoms with Crippen LogP contribution in [0.25, 0.3) is 0 Å². The standard InChI is InChI=1S/C32H50O4/c1-3-5-7-9-11-12-13-14-15-16-17-19-25-29-32(35)36-30(26-22-18-10-8-6-4-2)27-23-20-21-24-28-31(33)34/h5,7-8,10-12,14-15,17,19,22,26,30H,3-4,6,9,13,16,18,20-21,23-25,27-29H2,1-2H3,(H,33,34)/b7-5-,10-8-,12-11-,15-14-,19-17-,26-22-. The van der Waals surface area contributed by atoms with Crippen molar-refractivity contribution in [3.05, 3.63) is 72.9 Å². The molecule has 36 heavy (non-hydrogen) atoms. The maximum Gasteiger partial charge on any atom is 0.306 e. The van der Waals surface area contributed by atoms with Crippen LogP contribution in [0.15, 0.2) is 72.9 Å². The molecule has 4 heteroatoms. The van der Waals surface area contributed by atoms with E-state index in [0.29, 0.717) is 19.3 Å². The van der Waals surface area contributed by atoms with E-state index in [1.165, 1.54) is 0 Å². The number of ether oxygens (including phenoxy) is 1. The number of allylic oxidation sites excluding steroid dienone is 11. The van der Waals surface area contributed by atoms with Crippen LogP contribution in [0, 0.1) is 0 Å². The van der Waals surface area contributed by atoms with Gasteiger partial charge in [0.2, 0.25) is 0 Å². The van der Waals surface area contributed by atoms with E-state index in [4.69, 9.17) is 9.84 Å². The van der Waals surface area contributed by atoms with Crippen LogP contribution in [0.5, 0.6) is 0 Å². The highest BCUT2D eigenvalue weighted by molar-refractivity contribution is 5.69. The Hall–Kier alpha value is -2.62. The Morgan fingerprint density at radius 1 is 0.667 bits per heavy atom. The first kappa shape index (κ1) is 33.4. The van der Waals surface area contributed by atoms with Crippen molar-refractivity contribution in [3.8, 4) is 0 Å². The van der Waals surface area contributed by atoms with Gasteiger partial charge < -0.3 is 9.84 Å². The van der Waals surface area contributed by atoms with Gasteiger partial charge in [-0.25, -0.2) is 0 Å². The molecule has 0 saturated carbocycles. The van der Waals surface area contributed by atoms with Crippen molar-refractivity contribution in [3.63, 3.8) is 0 Å². The summed E-state index contributed by atoms with van der Waals surface area (Å²) in [6, 6.07) is 0. The lowest BCUT2D eigenvalue weighted by molar-refractivity contribution is -0.147. The topological polar surface area (TPSA) is 63.6 Å². The molecule has 0 saturated heterocycles. The predicted molar refractivity (Wildman–Crippen MR) is 153 cm³/mol. The molecule has 0 spiro atoms. The van der Waals surface area contributed by atoms with Crippen LogP contribution >= 0.6 is 0 Å². The van der Waals surface area contributed by atoms with Gasteiger partial charge in [-0.3, -0.25) is 9.59 Å². The second-order valence-electron chi connectivity index (χ2n) is 8.84. The highest BCUT2D eigenvalue weighted by Gasteiger charge is 2.11. The number of carbonyl (C=O) groups is 2. The highest BCUT2D eigenvalue weighted by atomic mass is 16.5. The molecular formula is C32H50O4. The van der Waals surface area contributed by atoms with Crippen molar-refractivity contribution in [1.29, 1.82) is 0 Å². The molecule has 0 aromatic carbocycles. The molecule has 0 heterocycles. The van der Waals surface area contributed by atoms with Crippen molar-refractivity contribution in [1.82, 2.24) is 0 Å². The SMILES string of the molecule is CC/C=C\C/C=C\C/C=C\C/C=C\CCC(=O)OC(/C=C\C/C=C\CCC)CCCCCCC(=O)O. The minimum absolute atomic E-state index is 0.167. The van der Waals surface area contributed by atoms with Crippen LogP contribution < -0.4 is 0 Å². The van der Waals surface area contributed by atoms with E-state index in [1.807, 2.05) is 12.2 Å². The monoisotopic (exact) mass is 498 g/mol. The van der Waals surface area contributed by atoms with E-state index in [2.05, 4.69) is 74.6 Å². The van der Waals surface area contributed by atoms with Crippen LogP contribution in [0.4, 0.5) is 0 Å². The Morgan fingerprint density at radius 3 is 1.83 bits per heavy atom. The van der Waals surface area contributed by atoms with Gasteiger partial charge in [-0.15, -0.1) is 0 Å². The molecule has 0 rings (SSSR count). The van der Waals surface area contributed by atoms with E-state index in [-0.39, 0.29) is 18.5 Å². The molecule has 1 N–H and O–H groups in total. The maximum absolute atomic E-state index is 12.3. The van der Waals surface area contributed by atoms with Gasteiger partial charge in [0.25, 0.3) is 0 Å². The summed E-state index contributed by atoms with van der Waals surface area (Å²) >= 11 is 0. The van der Waals surface area contributed by atoms with Crippen molar-refractivity contribution >= 4 is 11.9 Å². The molecule has 0 fully saturated rings. The second kappa shape index (κ2) is 27.0. The predicted octanol–water partition coefficient (Wildman–Crippen LogP) is 9.21. The highest BCUT2D eigenvalue weighted by Crippen LogP contribution is 2.13. The summed E-state index contributed by atoms with van der Waals surface area (Å²) < 4.78 is 5.73. The number of unbranched alkanes of at least 4 members (excludes halogenated alkanes) is 4. The number of aliphatic carboxylic acids is 1. The van der Waals surface area contributed by atoms with Gasteiger partial charge in [0.15, 0.2) is 0 Å². The quantitative estimate of drug-likeness (QED) is 0.0866. The molecule has 0 aliphatic rings. The first-order valence-electron chi connectivity index (χ1n) is 13.9. The largest absolute Gasteiger partial charge is 0.481 e. The summed E-state index contributed by atoms with van der Waals surface area (Å²) in [4.78, 5) is 23.0. The first-order chi connectivity index (χ1) is 17.6. The van der Waals surface area contributed by atoms with Crippen molar-refractivity contribution in [2.45, 2.75) is 116 Å². The normalized spacial score (nSPS) is 13.4. The number of hydrogen-bond acceptors (Lipinski definition) is 3. The minimum Gasteiger partial charge on any atom is -0.481 e. The van der Waals surface area contributed by atoms with E-state index < -0.39 is 5.97 Å². The summed E-state index contributed by atoms with van der Waals surface area (Å²) in [5.74, 6) is -0.909. The number of carboxylic acid groups (broad SMARTS) is 1. The number of rotatable bonds is 23. The fourth-order valence-corrected chi connectivity index (χ4v) is 3.39. The summed E-state index contributed by atoms with van der Waals surface area (Å²) in [5, 5.41) is 8.74. The summed E-state index contributed by atoms with van der Waals surface area (Å²) in [5.41, 5.74) is 0. The molecule has 0 radical (unpaired) electrons. The molecule has 0 aromatic heterocycles. The molecule has 0 aliphatic carbocycles. The van der Waals surface area contributed by atoms with E-state index >= 15 is 0 Å². The molecule has 1 unspecified atom stereocenters. The summed E-state index contributed by atoms with van der Waals surface area (Å²) in [6.45, 7) is 4.30. The van der Waals surface area contributed by atoms with Crippen molar-refractivity contribution in [2.24, 2.45) is 0 Å². The third kappa shape index (κ3) is 26.0. The van der Waals surface area contributed by atoms with Gasteiger partial charge in [0.05, 0.1) is 0 Å². The third-order valence-electron chi connectivity index (χ3n) is 5.39. The van der Waals surface area contributed by atoms with Gasteiger partial charge >= 0.3 is 11.9 Å². The zero-order valence-corrected chi connectivity index (χ0v) is 22.8. The Bertz CT molecular complexity index is 710. The van der Waals surface area contributed by atoms with Gasteiger partial charge in [-0.05, 0) is 70.3 Å². The van der Waals surface area contributed by atoms with Crippen LogP contribution in [0.2, 0.25) is 0 Å². The second-order valence-corrected chi connectivity index (χ2v) is 8.84. The molecule has 0 aliphatic heterocycles. The number of hydrogen-bond donors (Lipinski definition) is 1. The molecular weight excluding hydrogens is 448 g/mol. The fraction of sp³-hybridized carbons (Fsp3) is 0.562. The van der Waals surface area contributed by atoms with Crippen LogP contribution in [-0.2, 0) is 14.3 Å². The fourth-order valence-electron chi connectivity index (χ4n) is 3.39. The molecule has 0 aromatic rings.